The van der Waals surface area contributed by atoms with Crippen LogP contribution < -0.4 is 5.73 Å². The maximum Gasteiger partial charge on any atom is 0.0830 e. The van der Waals surface area contributed by atoms with Crippen LogP contribution in [0, 0.1) is 5.92 Å². The molecule has 1 aromatic rings. The van der Waals surface area contributed by atoms with E-state index in [1.54, 1.807) is 0 Å². The topological polar surface area (TPSA) is 49.5 Å². The van der Waals surface area contributed by atoms with Crippen molar-refractivity contribution in [2.45, 2.75) is 32.4 Å². The van der Waals surface area contributed by atoms with Crippen molar-refractivity contribution in [2.75, 3.05) is 19.6 Å². The molecule has 0 aromatic heterocycles. The quantitative estimate of drug-likeness (QED) is 0.861. The fraction of sp³-hybridized carbons (Fsp3) is 0.529. The van der Waals surface area contributed by atoms with E-state index in [1.165, 1.54) is 11.1 Å². The molecule has 5 heteroatoms. The molecular formula is C17H28Cl2N2O. The Bertz CT molecular complexity index is 441. The number of likely N-dealkylation sites (tertiary alicyclic amines) is 1. The summed E-state index contributed by atoms with van der Waals surface area (Å²) in [6.07, 6.45) is 3.01. The van der Waals surface area contributed by atoms with E-state index in [0.29, 0.717) is 12.5 Å². The summed E-state index contributed by atoms with van der Waals surface area (Å²) in [5.41, 5.74) is 8.49. The molecule has 0 aliphatic carbocycles. The number of aliphatic hydroxyl groups is 1. The first kappa shape index (κ1) is 21.4. The number of hydrogen-bond donors (Lipinski definition) is 2. The van der Waals surface area contributed by atoms with Crippen LogP contribution in [-0.2, 0) is 0 Å². The van der Waals surface area contributed by atoms with Gasteiger partial charge in [-0.05, 0) is 23.5 Å². The van der Waals surface area contributed by atoms with E-state index in [9.17, 15) is 5.11 Å². The number of benzene rings is 1. The van der Waals surface area contributed by atoms with Crippen molar-refractivity contribution in [3.05, 3.63) is 42.0 Å². The Labute approximate surface area is 146 Å². The zero-order chi connectivity index (χ0) is 14.5. The van der Waals surface area contributed by atoms with Gasteiger partial charge in [-0.2, -0.15) is 0 Å². The molecule has 2 rings (SSSR count). The Kier molecular flexibility index (Phi) is 9.97. The molecule has 0 unspecified atom stereocenters. The van der Waals surface area contributed by atoms with Crippen molar-refractivity contribution in [1.82, 2.24) is 4.90 Å². The molecule has 1 heterocycles. The average Bonchev–Trinajstić information content (AvgIpc) is 2.74. The van der Waals surface area contributed by atoms with E-state index >= 15 is 0 Å². The van der Waals surface area contributed by atoms with Gasteiger partial charge in [0.15, 0.2) is 0 Å². The zero-order valence-corrected chi connectivity index (χ0v) is 14.9. The summed E-state index contributed by atoms with van der Waals surface area (Å²) in [5.74, 6) is 0.653. The van der Waals surface area contributed by atoms with Gasteiger partial charge in [0.05, 0.1) is 6.10 Å². The number of aliphatic hydroxyl groups excluding tert-OH is 1. The Morgan fingerprint density at radius 3 is 2.41 bits per heavy atom. The van der Waals surface area contributed by atoms with Crippen LogP contribution in [0.3, 0.4) is 0 Å². The van der Waals surface area contributed by atoms with Gasteiger partial charge in [-0.15, -0.1) is 24.8 Å². The highest BCUT2D eigenvalue weighted by atomic mass is 35.5. The first-order valence-electron chi connectivity index (χ1n) is 7.46. The lowest BCUT2D eigenvalue weighted by Gasteiger charge is -2.18. The standard InChI is InChI=1S/C17H26N2O.2ClH/c1-13(2)8-9-15(14-6-4-3-5-7-14)10-19-11-16(18)17(20)12-19;;/h3-7,9,13,16-17,20H,8,10-12,18H2,1-2H3;2*1H/b15-9+;;/t16-,17-;;/m1../s1. The normalized spacial score (nSPS) is 22.3. The van der Waals surface area contributed by atoms with Gasteiger partial charge in [-0.25, -0.2) is 0 Å². The summed E-state index contributed by atoms with van der Waals surface area (Å²) in [6, 6.07) is 10.4. The Balaban J connectivity index is 0.00000220. The molecule has 1 saturated heterocycles. The molecule has 126 valence electrons. The van der Waals surface area contributed by atoms with Crippen LogP contribution in [0.2, 0.25) is 0 Å². The minimum atomic E-state index is -0.392. The molecule has 2 atom stereocenters. The summed E-state index contributed by atoms with van der Waals surface area (Å²) in [6.45, 7) is 6.77. The van der Waals surface area contributed by atoms with Crippen LogP contribution in [0.5, 0.6) is 0 Å². The van der Waals surface area contributed by atoms with E-state index < -0.39 is 6.10 Å². The van der Waals surface area contributed by atoms with Gasteiger partial charge in [0, 0.05) is 25.7 Å². The van der Waals surface area contributed by atoms with Gasteiger partial charge in [0.1, 0.15) is 0 Å². The highest BCUT2D eigenvalue weighted by Gasteiger charge is 2.28. The number of rotatable bonds is 5. The fourth-order valence-corrected chi connectivity index (χ4v) is 2.57. The largest absolute Gasteiger partial charge is 0.390 e. The van der Waals surface area contributed by atoms with Gasteiger partial charge < -0.3 is 10.8 Å². The predicted molar refractivity (Wildman–Crippen MR) is 98.8 cm³/mol. The molecule has 1 aromatic carbocycles. The lowest BCUT2D eigenvalue weighted by Crippen LogP contribution is -2.32. The minimum absolute atomic E-state index is 0. The second kappa shape index (κ2) is 10.2. The molecular weight excluding hydrogens is 319 g/mol. The summed E-state index contributed by atoms with van der Waals surface area (Å²) in [5, 5.41) is 9.78. The molecule has 0 saturated carbocycles. The predicted octanol–water partition coefficient (Wildman–Crippen LogP) is 2.96. The summed E-state index contributed by atoms with van der Waals surface area (Å²) in [7, 11) is 0. The van der Waals surface area contributed by atoms with Crippen molar-refractivity contribution in [3.63, 3.8) is 0 Å². The lowest BCUT2D eigenvalue weighted by molar-refractivity contribution is 0.168. The molecule has 3 nitrogen and oxygen atoms in total. The van der Waals surface area contributed by atoms with Gasteiger partial charge in [-0.1, -0.05) is 50.3 Å². The Morgan fingerprint density at radius 1 is 1.27 bits per heavy atom. The fourth-order valence-electron chi connectivity index (χ4n) is 2.57. The van der Waals surface area contributed by atoms with Gasteiger partial charge >= 0.3 is 0 Å². The third kappa shape index (κ3) is 6.27. The second-order valence-electron chi connectivity index (χ2n) is 6.15. The summed E-state index contributed by atoms with van der Waals surface area (Å²) < 4.78 is 0. The molecule has 0 bridgehead atoms. The van der Waals surface area contributed by atoms with Crippen molar-refractivity contribution < 1.29 is 5.11 Å². The Morgan fingerprint density at radius 2 is 1.91 bits per heavy atom. The highest BCUT2D eigenvalue weighted by Crippen LogP contribution is 2.20. The SMILES string of the molecule is CC(C)C/C=C(\CN1C[C@@H](N)[C@H](O)C1)c1ccccc1.Cl.Cl. The maximum atomic E-state index is 9.78. The zero-order valence-electron chi connectivity index (χ0n) is 13.3. The maximum absolute atomic E-state index is 9.78. The number of nitrogens with two attached hydrogens (primary N) is 1. The number of halogens is 2. The van der Waals surface area contributed by atoms with Gasteiger partial charge in [-0.3, -0.25) is 4.90 Å². The van der Waals surface area contributed by atoms with E-state index in [1.807, 2.05) is 6.07 Å². The van der Waals surface area contributed by atoms with Crippen LogP contribution in [0.25, 0.3) is 5.57 Å². The molecule has 1 aliphatic heterocycles. The summed E-state index contributed by atoms with van der Waals surface area (Å²) >= 11 is 0. The van der Waals surface area contributed by atoms with Crippen LogP contribution in [-0.4, -0.2) is 41.8 Å². The van der Waals surface area contributed by atoms with Gasteiger partial charge in [0.2, 0.25) is 0 Å². The van der Waals surface area contributed by atoms with Crippen molar-refractivity contribution in [1.29, 1.82) is 0 Å². The minimum Gasteiger partial charge on any atom is -0.390 e. The van der Waals surface area contributed by atoms with Crippen LogP contribution in [0.15, 0.2) is 36.4 Å². The van der Waals surface area contributed by atoms with E-state index in [0.717, 1.165) is 19.5 Å². The second-order valence-corrected chi connectivity index (χ2v) is 6.15. The number of nitrogens with zero attached hydrogens (tertiary/aromatic N) is 1. The van der Waals surface area contributed by atoms with E-state index in [2.05, 4.69) is 49.1 Å². The molecule has 22 heavy (non-hydrogen) atoms. The van der Waals surface area contributed by atoms with Crippen LogP contribution >= 0.6 is 24.8 Å². The van der Waals surface area contributed by atoms with Gasteiger partial charge in [0.25, 0.3) is 0 Å². The number of β-amino-alcohol motifs (C(OH)–C–C–N with tert-alkyl or cyclic N) is 1. The Hall–Kier alpha value is -0.580. The van der Waals surface area contributed by atoms with Crippen LogP contribution in [0.4, 0.5) is 0 Å². The van der Waals surface area contributed by atoms with E-state index in [-0.39, 0.29) is 30.9 Å². The number of hydrogen-bond acceptors (Lipinski definition) is 3. The van der Waals surface area contributed by atoms with Crippen molar-refractivity contribution in [3.8, 4) is 0 Å². The molecule has 0 amide bonds. The van der Waals surface area contributed by atoms with Crippen molar-refractivity contribution in [2.24, 2.45) is 11.7 Å². The number of allylic oxidation sites excluding steroid dienone is 1. The molecule has 1 fully saturated rings. The van der Waals surface area contributed by atoms with Crippen LogP contribution in [0.1, 0.15) is 25.8 Å². The molecule has 0 spiro atoms. The molecule has 0 radical (unpaired) electrons. The molecule has 1 aliphatic rings. The third-order valence-corrected chi connectivity index (χ3v) is 3.78. The average molecular weight is 347 g/mol. The monoisotopic (exact) mass is 346 g/mol. The van der Waals surface area contributed by atoms with E-state index in [4.69, 9.17) is 5.73 Å². The first-order valence-corrected chi connectivity index (χ1v) is 7.46. The smallest absolute Gasteiger partial charge is 0.0830 e. The lowest BCUT2D eigenvalue weighted by atomic mass is 10.0. The first-order chi connectivity index (χ1) is 9.56. The molecule has 3 N–H and O–H groups in total. The highest BCUT2D eigenvalue weighted by molar-refractivity contribution is 5.85. The van der Waals surface area contributed by atoms with Crippen molar-refractivity contribution >= 4 is 30.4 Å². The third-order valence-electron chi connectivity index (χ3n) is 3.78. The summed E-state index contributed by atoms with van der Waals surface area (Å²) in [4.78, 5) is 2.24.